The lowest BCUT2D eigenvalue weighted by molar-refractivity contribution is 0.200. The molecule has 0 amide bonds. The third-order valence-electron chi connectivity index (χ3n) is 2.56. The zero-order valence-corrected chi connectivity index (χ0v) is 8.13. The summed E-state index contributed by atoms with van der Waals surface area (Å²) in [6.07, 6.45) is 2.33. The smallest absolute Gasteiger partial charge is 0.120 e. The van der Waals surface area contributed by atoms with Gasteiger partial charge < -0.3 is 10.5 Å². The van der Waals surface area contributed by atoms with Gasteiger partial charge in [-0.25, -0.2) is 0 Å². The molecule has 13 heavy (non-hydrogen) atoms. The second kappa shape index (κ2) is 2.66. The highest BCUT2D eigenvalue weighted by molar-refractivity contribution is 5.49. The van der Waals surface area contributed by atoms with Crippen LogP contribution in [0, 0.1) is 6.92 Å². The van der Waals surface area contributed by atoms with E-state index in [9.17, 15) is 0 Å². The molecule has 0 atom stereocenters. The van der Waals surface area contributed by atoms with Gasteiger partial charge in [0.05, 0.1) is 0 Å². The average Bonchev–Trinajstić information content (AvgIpc) is 2.76. The molecule has 0 spiro atoms. The first-order chi connectivity index (χ1) is 6.09. The van der Waals surface area contributed by atoms with Crippen LogP contribution in [0.25, 0.3) is 0 Å². The first-order valence-electron chi connectivity index (χ1n) is 4.64. The predicted molar refractivity (Wildman–Crippen MR) is 53.9 cm³/mol. The van der Waals surface area contributed by atoms with Crippen molar-refractivity contribution in [2.45, 2.75) is 32.3 Å². The molecular weight excluding hydrogens is 162 g/mol. The Morgan fingerprint density at radius 3 is 2.62 bits per heavy atom. The van der Waals surface area contributed by atoms with Gasteiger partial charge in [-0.15, -0.1) is 0 Å². The zero-order chi connectivity index (χ0) is 9.47. The van der Waals surface area contributed by atoms with Gasteiger partial charge >= 0.3 is 0 Å². The molecule has 0 aliphatic heterocycles. The molecule has 2 N–H and O–H groups in total. The largest absolute Gasteiger partial charge is 0.488 e. The van der Waals surface area contributed by atoms with E-state index in [0.29, 0.717) is 0 Å². The summed E-state index contributed by atoms with van der Waals surface area (Å²) in [6.45, 7) is 4.14. The van der Waals surface area contributed by atoms with Gasteiger partial charge in [0.25, 0.3) is 0 Å². The van der Waals surface area contributed by atoms with Crippen molar-refractivity contribution in [2.75, 3.05) is 5.73 Å². The van der Waals surface area contributed by atoms with Gasteiger partial charge in [0.15, 0.2) is 0 Å². The summed E-state index contributed by atoms with van der Waals surface area (Å²) >= 11 is 0. The van der Waals surface area contributed by atoms with E-state index in [1.165, 1.54) is 0 Å². The minimum Gasteiger partial charge on any atom is -0.488 e. The number of anilines is 1. The Morgan fingerprint density at radius 2 is 2.08 bits per heavy atom. The summed E-state index contributed by atoms with van der Waals surface area (Å²) < 4.78 is 5.79. The van der Waals surface area contributed by atoms with Gasteiger partial charge in [0.1, 0.15) is 11.4 Å². The van der Waals surface area contributed by atoms with Crippen molar-refractivity contribution in [1.82, 2.24) is 0 Å². The predicted octanol–water partition coefficient (Wildman–Crippen LogP) is 2.51. The van der Waals surface area contributed by atoms with Crippen LogP contribution in [0.1, 0.15) is 25.3 Å². The molecule has 2 rings (SSSR count). The fraction of sp³-hybridized carbons (Fsp3) is 0.455. The summed E-state index contributed by atoms with van der Waals surface area (Å²) in [5, 5.41) is 0. The molecule has 70 valence electrons. The van der Waals surface area contributed by atoms with E-state index in [-0.39, 0.29) is 5.60 Å². The Kier molecular flexibility index (Phi) is 1.72. The molecule has 0 unspecified atom stereocenters. The highest BCUT2D eigenvalue weighted by Crippen LogP contribution is 2.39. The summed E-state index contributed by atoms with van der Waals surface area (Å²) in [6, 6.07) is 5.83. The van der Waals surface area contributed by atoms with Gasteiger partial charge in [-0.05, 0) is 50.5 Å². The van der Waals surface area contributed by atoms with E-state index in [2.05, 4.69) is 6.92 Å². The molecule has 2 nitrogen and oxygen atoms in total. The Balaban J connectivity index is 2.17. The number of benzene rings is 1. The van der Waals surface area contributed by atoms with Crippen LogP contribution in [0.5, 0.6) is 5.75 Å². The van der Waals surface area contributed by atoms with E-state index in [1.807, 2.05) is 25.1 Å². The molecule has 1 saturated carbocycles. The summed E-state index contributed by atoms with van der Waals surface area (Å²) in [5.74, 6) is 0.937. The van der Waals surface area contributed by atoms with Gasteiger partial charge in [0.2, 0.25) is 0 Å². The average molecular weight is 177 g/mol. The molecule has 0 bridgehead atoms. The number of nitrogens with two attached hydrogens (primary N) is 1. The quantitative estimate of drug-likeness (QED) is 0.704. The maximum atomic E-state index is 5.79. The van der Waals surface area contributed by atoms with Crippen molar-refractivity contribution in [3.63, 3.8) is 0 Å². The molecule has 1 aromatic rings. The van der Waals surface area contributed by atoms with Crippen LogP contribution < -0.4 is 10.5 Å². The topological polar surface area (TPSA) is 35.2 Å². The van der Waals surface area contributed by atoms with Crippen molar-refractivity contribution in [3.05, 3.63) is 23.8 Å². The lowest BCUT2D eigenvalue weighted by Crippen LogP contribution is -2.12. The van der Waals surface area contributed by atoms with E-state index >= 15 is 0 Å². The number of hydrogen-bond donors (Lipinski definition) is 1. The first kappa shape index (κ1) is 8.42. The lowest BCUT2D eigenvalue weighted by atomic mass is 10.2. The van der Waals surface area contributed by atoms with E-state index in [1.54, 1.807) is 0 Å². The maximum Gasteiger partial charge on any atom is 0.120 e. The van der Waals surface area contributed by atoms with Gasteiger partial charge in [0, 0.05) is 5.69 Å². The molecule has 0 heterocycles. The van der Waals surface area contributed by atoms with Crippen LogP contribution in [0.4, 0.5) is 5.69 Å². The van der Waals surface area contributed by atoms with Crippen LogP contribution >= 0.6 is 0 Å². The fourth-order valence-corrected chi connectivity index (χ4v) is 1.27. The minimum atomic E-state index is 0.0998. The number of hydrogen-bond acceptors (Lipinski definition) is 2. The highest BCUT2D eigenvalue weighted by Gasteiger charge is 2.39. The Labute approximate surface area is 78.7 Å². The van der Waals surface area contributed by atoms with E-state index in [4.69, 9.17) is 10.5 Å². The molecule has 0 radical (unpaired) electrons. The van der Waals surface area contributed by atoms with Crippen LogP contribution in [-0.2, 0) is 0 Å². The third kappa shape index (κ3) is 1.77. The highest BCUT2D eigenvalue weighted by atomic mass is 16.5. The summed E-state index contributed by atoms with van der Waals surface area (Å²) in [4.78, 5) is 0. The zero-order valence-electron chi connectivity index (χ0n) is 8.13. The SMILES string of the molecule is Cc1cc(OC2(C)CC2)ccc1N. The Morgan fingerprint density at radius 1 is 1.38 bits per heavy atom. The number of aryl methyl sites for hydroxylation is 1. The van der Waals surface area contributed by atoms with E-state index < -0.39 is 0 Å². The molecular formula is C11H15NO. The van der Waals surface area contributed by atoms with Crippen molar-refractivity contribution < 1.29 is 4.74 Å². The van der Waals surface area contributed by atoms with Crippen LogP contribution in [-0.4, -0.2) is 5.60 Å². The Bertz CT molecular complexity index is 329. The molecule has 0 aromatic heterocycles. The summed E-state index contributed by atoms with van der Waals surface area (Å²) in [5.41, 5.74) is 7.72. The second-order valence-corrected chi connectivity index (χ2v) is 4.07. The molecule has 1 aromatic carbocycles. The lowest BCUT2D eigenvalue weighted by Gasteiger charge is -2.13. The van der Waals surface area contributed by atoms with Crippen molar-refractivity contribution in [1.29, 1.82) is 0 Å². The van der Waals surface area contributed by atoms with Crippen molar-refractivity contribution in [3.8, 4) is 5.75 Å². The standard InChI is InChI=1S/C11H15NO/c1-8-7-9(3-4-10(8)12)13-11(2)5-6-11/h3-4,7H,5-6,12H2,1-2H3. The van der Waals surface area contributed by atoms with Crippen molar-refractivity contribution in [2.24, 2.45) is 0 Å². The molecule has 1 aliphatic carbocycles. The van der Waals surface area contributed by atoms with Gasteiger partial charge in [-0.1, -0.05) is 0 Å². The van der Waals surface area contributed by atoms with Crippen LogP contribution in [0.2, 0.25) is 0 Å². The normalized spacial score (nSPS) is 18.3. The fourth-order valence-electron chi connectivity index (χ4n) is 1.27. The van der Waals surface area contributed by atoms with Crippen LogP contribution in [0.3, 0.4) is 0 Å². The molecule has 0 saturated heterocycles. The van der Waals surface area contributed by atoms with Crippen molar-refractivity contribution >= 4 is 5.69 Å². The summed E-state index contributed by atoms with van der Waals surface area (Å²) in [7, 11) is 0. The van der Waals surface area contributed by atoms with Crippen LogP contribution in [0.15, 0.2) is 18.2 Å². The Hall–Kier alpha value is -1.18. The van der Waals surface area contributed by atoms with Gasteiger partial charge in [-0.2, -0.15) is 0 Å². The number of rotatable bonds is 2. The molecule has 1 aliphatic rings. The number of nitrogen functional groups attached to an aromatic ring is 1. The maximum absolute atomic E-state index is 5.79. The minimum absolute atomic E-state index is 0.0998. The number of ether oxygens (including phenoxy) is 1. The second-order valence-electron chi connectivity index (χ2n) is 4.07. The molecule has 1 fully saturated rings. The third-order valence-corrected chi connectivity index (χ3v) is 2.56. The van der Waals surface area contributed by atoms with E-state index in [0.717, 1.165) is 29.8 Å². The molecule has 2 heteroatoms. The first-order valence-corrected chi connectivity index (χ1v) is 4.64. The monoisotopic (exact) mass is 177 g/mol. The van der Waals surface area contributed by atoms with Gasteiger partial charge in [-0.3, -0.25) is 0 Å².